The summed E-state index contributed by atoms with van der Waals surface area (Å²) >= 11 is 1.41. The van der Waals surface area contributed by atoms with Crippen molar-refractivity contribution in [2.75, 3.05) is 18.4 Å². The maximum Gasteiger partial charge on any atom is 0.573 e. The summed E-state index contributed by atoms with van der Waals surface area (Å²) in [6.07, 6.45) is 0.704. The second-order valence-electron chi connectivity index (χ2n) is 6.74. The van der Waals surface area contributed by atoms with Crippen LogP contribution in [0, 0.1) is 0 Å². The Morgan fingerprint density at radius 2 is 2.00 bits per heavy atom. The van der Waals surface area contributed by atoms with E-state index in [-0.39, 0.29) is 11.9 Å². The molecule has 150 valence electrons. The van der Waals surface area contributed by atoms with Gasteiger partial charge in [0.25, 0.3) is 0 Å². The smallest absolute Gasteiger partial charge is 0.406 e. The van der Waals surface area contributed by atoms with Crippen LogP contribution in [0.3, 0.4) is 0 Å². The molecule has 1 atom stereocenters. The summed E-state index contributed by atoms with van der Waals surface area (Å²) in [6.45, 7) is 4.23. The zero-order valence-electron chi connectivity index (χ0n) is 15.2. The minimum absolute atomic E-state index is 0.156. The number of anilines is 1. The van der Waals surface area contributed by atoms with Crippen LogP contribution in [-0.4, -0.2) is 45.1 Å². The van der Waals surface area contributed by atoms with Crippen LogP contribution in [0.15, 0.2) is 30.5 Å². The number of nitrogens with one attached hydrogen (secondary N) is 1. The first kappa shape index (κ1) is 19.0. The van der Waals surface area contributed by atoms with Gasteiger partial charge < -0.3 is 10.1 Å². The Morgan fingerprint density at radius 3 is 2.75 bits per heavy atom. The lowest BCUT2D eigenvalue weighted by molar-refractivity contribution is -0.274. The first-order valence-electron chi connectivity index (χ1n) is 9.10. The van der Waals surface area contributed by atoms with E-state index in [4.69, 9.17) is 0 Å². The lowest BCUT2D eigenvalue weighted by Crippen LogP contribution is -2.41. The number of rotatable bonds is 5. The predicted molar refractivity (Wildman–Crippen MR) is 101 cm³/mol. The van der Waals surface area contributed by atoms with E-state index in [9.17, 15) is 13.2 Å². The molecule has 1 N–H and O–H groups in total. The van der Waals surface area contributed by atoms with Gasteiger partial charge in [-0.3, -0.25) is 4.90 Å². The number of hydrogen-bond donors (Lipinski definition) is 1. The third-order valence-electron chi connectivity index (χ3n) is 4.72. The number of ether oxygens (including phenoxy) is 1. The summed E-state index contributed by atoms with van der Waals surface area (Å²) in [5, 5.41) is 8.69. The van der Waals surface area contributed by atoms with Crippen LogP contribution in [0.2, 0.25) is 0 Å². The minimum Gasteiger partial charge on any atom is -0.406 e. The van der Waals surface area contributed by atoms with E-state index >= 15 is 0 Å². The quantitative estimate of drug-likeness (QED) is 0.665. The molecule has 0 amide bonds. The molecule has 3 aromatic rings. The van der Waals surface area contributed by atoms with Crippen molar-refractivity contribution >= 4 is 21.4 Å². The number of likely N-dealkylation sites (tertiary alicyclic amines) is 1. The number of aromatic nitrogens is 3. The van der Waals surface area contributed by atoms with Crippen molar-refractivity contribution in [1.82, 2.24) is 19.5 Å². The fourth-order valence-corrected chi connectivity index (χ4v) is 4.23. The molecule has 1 aromatic carbocycles. The summed E-state index contributed by atoms with van der Waals surface area (Å²) < 4.78 is 43.1. The van der Waals surface area contributed by atoms with Crippen molar-refractivity contribution in [2.45, 2.75) is 38.7 Å². The van der Waals surface area contributed by atoms with Crippen molar-refractivity contribution in [1.29, 1.82) is 0 Å². The molecule has 0 saturated carbocycles. The summed E-state index contributed by atoms with van der Waals surface area (Å²) in [5.41, 5.74) is 1.16. The molecule has 0 bridgehead atoms. The third-order valence-corrected chi connectivity index (χ3v) is 5.57. The molecule has 0 spiro atoms. The lowest BCUT2D eigenvalue weighted by Gasteiger charge is -2.32. The second-order valence-corrected chi connectivity index (χ2v) is 7.69. The summed E-state index contributed by atoms with van der Waals surface area (Å²) in [4.78, 5) is 7.40. The highest BCUT2D eigenvalue weighted by molar-refractivity contribution is 7.20. The van der Waals surface area contributed by atoms with Crippen molar-refractivity contribution < 1.29 is 17.9 Å². The van der Waals surface area contributed by atoms with Crippen LogP contribution < -0.4 is 10.1 Å². The molecule has 0 aliphatic carbocycles. The van der Waals surface area contributed by atoms with E-state index in [1.165, 1.54) is 48.8 Å². The Bertz CT molecular complexity index is 948. The maximum atomic E-state index is 12.5. The summed E-state index contributed by atoms with van der Waals surface area (Å²) in [6, 6.07) is 5.82. The maximum absolute atomic E-state index is 12.5. The monoisotopic (exact) mass is 411 g/mol. The number of alkyl halides is 3. The summed E-state index contributed by atoms with van der Waals surface area (Å²) in [7, 11) is 0. The van der Waals surface area contributed by atoms with Gasteiger partial charge in [-0.1, -0.05) is 29.9 Å². The van der Waals surface area contributed by atoms with Gasteiger partial charge in [0.05, 0.1) is 18.1 Å². The molecule has 3 heterocycles. The molecule has 10 heteroatoms. The number of nitrogens with zero attached hydrogens (tertiary/aromatic N) is 4. The van der Waals surface area contributed by atoms with Crippen molar-refractivity contribution in [2.24, 2.45) is 0 Å². The van der Waals surface area contributed by atoms with E-state index in [2.05, 4.69) is 32.0 Å². The molecule has 6 nitrogen and oxygen atoms in total. The SMILES string of the molecule is CC(Nc1nn2c(-c3cccc(OC(F)(F)F)c3)cnc2s1)N1CCCCC1. The molecule has 1 saturated heterocycles. The van der Waals surface area contributed by atoms with Gasteiger partial charge in [-0.15, -0.1) is 18.3 Å². The highest BCUT2D eigenvalue weighted by Gasteiger charge is 2.31. The van der Waals surface area contributed by atoms with Gasteiger partial charge in [0, 0.05) is 18.7 Å². The number of halogens is 3. The van der Waals surface area contributed by atoms with Crippen LogP contribution in [0.1, 0.15) is 26.2 Å². The molecular formula is C18H20F3N5OS. The first-order valence-corrected chi connectivity index (χ1v) is 9.92. The van der Waals surface area contributed by atoms with Gasteiger partial charge >= 0.3 is 6.36 Å². The highest BCUT2D eigenvalue weighted by atomic mass is 32.1. The Kier molecular flexibility index (Phi) is 5.15. The predicted octanol–water partition coefficient (Wildman–Crippen LogP) is 4.60. The first-order chi connectivity index (χ1) is 13.4. The Morgan fingerprint density at radius 1 is 1.21 bits per heavy atom. The topological polar surface area (TPSA) is 54.7 Å². The Labute approximate surface area is 163 Å². The van der Waals surface area contributed by atoms with Gasteiger partial charge in [0.2, 0.25) is 10.1 Å². The van der Waals surface area contributed by atoms with E-state index < -0.39 is 6.36 Å². The second kappa shape index (κ2) is 7.59. The molecule has 28 heavy (non-hydrogen) atoms. The van der Waals surface area contributed by atoms with Crippen LogP contribution in [0.25, 0.3) is 16.2 Å². The number of imidazole rings is 1. The van der Waals surface area contributed by atoms with E-state index in [0.29, 0.717) is 16.2 Å². The summed E-state index contributed by atoms with van der Waals surface area (Å²) in [5.74, 6) is -0.271. The Hall–Kier alpha value is -2.33. The fourth-order valence-electron chi connectivity index (χ4n) is 3.38. The van der Waals surface area contributed by atoms with Gasteiger partial charge in [0.1, 0.15) is 5.75 Å². The molecule has 1 aliphatic heterocycles. The zero-order valence-corrected chi connectivity index (χ0v) is 16.1. The molecule has 1 unspecified atom stereocenters. The van der Waals surface area contributed by atoms with Gasteiger partial charge in [-0.05, 0) is 31.9 Å². The fraction of sp³-hybridized carbons (Fsp3) is 0.444. The van der Waals surface area contributed by atoms with Crippen LogP contribution in [0.5, 0.6) is 5.75 Å². The van der Waals surface area contributed by atoms with E-state index in [0.717, 1.165) is 18.2 Å². The molecule has 0 radical (unpaired) electrons. The standard InChI is InChI=1S/C18H20F3N5OS/c1-12(25-8-3-2-4-9-25)23-16-24-26-15(11-22-17(26)28-16)13-6-5-7-14(10-13)27-18(19,20)21/h5-7,10-12H,2-4,8-9H2,1H3,(H,23,24). The Balaban J connectivity index is 1.55. The van der Waals surface area contributed by atoms with Crippen LogP contribution in [0.4, 0.5) is 18.3 Å². The minimum atomic E-state index is -4.73. The zero-order chi connectivity index (χ0) is 19.7. The van der Waals surface area contributed by atoms with Crippen molar-refractivity contribution in [3.05, 3.63) is 30.5 Å². The highest BCUT2D eigenvalue weighted by Crippen LogP contribution is 2.30. The average molecular weight is 411 g/mol. The number of piperidine rings is 1. The molecule has 4 rings (SSSR count). The van der Waals surface area contributed by atoms with Gasteiger partial charge in [0.15, 0.2) is 0 Å². The lowest BCUT2D eigenvalue weighted by atomic mass is 10.1. The number of fused-ring (bicyclic) bond motifs is 1. The average Bonchev–Trinajstić information content (AvgIpc) is 3.21. The molecular weight excluding hydrogens is 391 g/mol. The van der Waals surface area contributed by atoms with Crippen LogP contribution in [-0.2, 0) is 0 Å². The third kappa shape index (κ3) is 4.22. The molecule has 2 aromatic heterocycles. The van der Waals surface area contributed by atoms with E-state index in [1.54, 1.807) is 16.8 Å². The van der Waals surface area contributed by atoms with Crippen molar-refractivity contribution in [3.8, 4) is 17.0 Å². The molecule has 1 aliphatic rings. The van der Waals surface area contributed by atoms with Crippen molar-refractivity contribution in [3.63, 3.8) is 0 Å². The van der Waals surface area contributed by atoms with Gasteiger partial charge in [-0.25, -0.2) is 9.50 Å². The van der Waals surface area contributed by atoms with Crippen LogP contribution >= 0.6 is 11.3 Å². The van der Waals surface area contributed by atoms with E-state index in [1.807, 2.05) is 0 Å². The number of benzene rings is 1. The number of hydrogen-bond acceptors (Lipinski definition) is 6. The largest absolute Gasteiger partial charge is 0.573 e. The normalized spacial score (nSPS) is 17.0. The van der Waals surface area contributed by atoms with Gasteiger partial charge in [-0.2, -0.15) is 0 Å². The molecule has 1 fully saturated rings.